The molecule has 8 heteroatoms. The number of fused-ring (bicyclic) bond motifs is 1. The molecule has 2 amide bonds. The minimum atomic E-state index is -1.12. The summed E-state index contributed by atoms with van der Waals surface area (Å²) in [5.74, 6) is 0.263. The van der Waals surface area contributed by atoms with Crippen LogP contribution in [0.4, 0.5) is 17.2 Å². The number of pyridine rings is 1. The molecule has 2 unspecified atom stereocenters. The quantitative estimate of drug-likeness (QED) is 0.646. The summed E-state index contributed by atoms with van der Waals surface area (Å²) in [5.41, 5.74) is 6.06. The predicted molar refractivity (Wildman–Crippen MR) is 117 cm³/mol. The van der Waals surface area contributed by atoms with E-state index >= 15 is 0 Å². The highest BCUT2D eigenvalue weighted by molar-refractivity contribution is 6.08. The predicted octanol–water partition coefficient (Wildman–Crippen LogP) is 2.57. The van der Waals surface area contributed by atoms with E-state index in [0.29, 0.717) is 30.2 Å². The van der Waals surface area contributed by atoms with Crippen molar-refractivity contribution >= 4 is 29.0 Å². The molecule has 0 radical (unpaired) electrons. The number of amides is 2. The van der Waals surface area contributed by atoms with E-state index in [0.717, 1.165) is 5.69 Å². The first-order valence-electron chi connectivity index (χ1n) is 10.1. The number of nitrogens with zero attached hydrogens (tertiary/aromatic N) is 2. The Morgan fingerprint density at radius 2 is 1.93 bits per heavy atom. The molecule has 30 heavy (non-hydrogen) atoms. The zero-order valence-corrected chi connectivity index (χ0v) is 17.8. The molecular weight excluding hydrogens is 382 g/mol. The molecule has 1 aliphatic heterocycles. The maximum atomic E-state index is 13.5. The Labute approximate surface area is 176 Å². The fourth-order valence-corrected chi connectivity index (χ4v) is 3.21. The summed E-state index contributed by atoms with van der Waals surface area (Å²) in [6.45, 7) is 5.41. The lowest BCUT2D eigenvalue weighted by Crippen LogP contribution is -2.53. The van der Waals surface area contributed by atoms with Crippen molar-refractivity contribution in [2.24, 2.45) is 5.73 Å². The van der Waals surface area contributed by atoms with Gasteiger partial charge in [0.1, 0.15) is 11.5 Å². The Morgan fingerprint density at radius 3 is 2.57 bits per heavy atom. The smallest absolute Gasteiger partial charge is 0.275 e. The van der Waals surface area contributed by atoms with Gasteiger partial charge in [-0.1, -0.05) is 18.2 Å². The van der Waals surface area contributed by atoms with E-state index in [1.807, 2.05) is 37.3 Å². The van der Waals surface area contributed by atoms with Gasteiger partial charge in [-0.2, -0.15) is 4.98 Å². The molecule has 8 nitrogen and oxygen atoms in total. The van der Waals surface area contributed by atoms with Crippen LogP contribution in [0.25, 0.3) is 0 Å². The first kappa shape index (κ1) is 21.7. The van der Waals surface area contributed by atoms with Crippen LogP contribution in [0.5, 0.6) is 5.88 Å². The highest BCUT2D eigenvalue weighted by Gasteiger charge is 2.46. The average molecular weight is 412 g/mol. The van der Waals surface area contributed by atoms with Crippen LogP contribution in [0.2, 0.25) is 0 Å². The molecule has 0 fully saturated rings. The summed E-state index contributed by atoms with van der Waals surface area (Å²) in [6, 6.07) is 12.3. The van der Waals surface area contributed by atoms with Crippen LogP contribution < -0.4 is 26.0 Å². The van der Waals surface area contributed by atoms with E-state index in [1.54, 1.807) is 37.9 Å². The van der Waals surface area contributed by atoms with Gasteiger partial charge in [-0.15, -0.1) is 0 Å². The maximum Gasteiger partial charge on any atom is 0.275 e. The van der Waals surface area contributed by atoms with Gasteiger partial charge in [-0.3, -0.25) is 14.5 Å². The van der Waals surface area contributed by atoms with E-state index < -0.39 is 5.60 Å². The second-order valence-corrected chi connectivity index (χ2v) is 7.85. The number of anilines is 3. The molecule has 1 aromatic heterocycles. The number of hydrogen-bond acceptors (Lipinski definition) is 6. The van der Waals surface area contributed by atoms with Crippen molar-refractivity contribution in [2.75, 3.05) is 17.3 Å². The first-order valence-corrected chi connectivity index (χ1v) is 10.1. The van der Waals surface area contributed by atoms with Crippen LogP contribution in [-0.2, 0) is 9.59 Å². The van der Waals surface area contributed by atoms with Crippen molar-refractivity contribution in [1.82, 2.24) is 10.3 Å². The van der Waals surface area contributed by atoms with Crippen LogP contribution in [0.3, 0.4) is 0 Å². The topological polar surface area (TPSA) is 110 Å². The number of nitrogens with one attached hydrogen (secondary N) is 2. The summed E-state index contributed by atoms with van der Waals surface area (Å²) in [5, 5.41) is 5.66. The summed E-state index contributed by atoms with van der Waals surface area (Å²) >= 11 is 0. The third-order valence-electron chi connectivity index (χ3n) is 5.23. The van der Waals surface area contributed by atoms with E-state index in [2.05, 4.69) is 15.6 Å². The molecule has 1 aromatic carbocycles. The van der Waals surface area contributed by atoms with Crippen molar-refractivity contribution in [1.29, 1.82) is 0 Å². The van der Waals surface area contributed by atoms with Crippen LogP contribution in [-0.4, -0.2) is 41.5 Å². The van der Waals surface area contributed by atoms with Gasteiger partial charge in [0.15, 0.2) is 5.60 Å². The molecule has 0 spiro atoms. The molecule has 160 valence electrons. The van der Waals surface area contributed by atoms with E-state index in [1.165, 1.54) is 0 Å². The van der Waals surface area contributed by atoms with Gasteiger partial charge >= 0.3 is 0 Å². The van der Waals surface area contributed by atoms with Crippen LogP contribution in [0, 0.1) is 0 Å². The van der Waals surface area contributed by atoms with Crippen LogP contribution >= 0.6 is 0 Å². The number of likely N-dealkylation sites (N-methyl/N-ethyl adjacent to an activating group) is 1. The van der Waals surface area contributed by atoms with E-state index in [4.69, 9.17) is 10.5 Å². The lowest BCUT2D eigenvalue weighted by Gasteiger charge is -2.40. The minimum Gasteiger partial charge on any atom is -0.460 e. The molecule has 3 atom stereocenters. The summed E-state index contributed by atoms with van der Waals surface area (Å²) < 4.78 is 6.12. The lowest BCUT2D eigenvalue weighted by molar-refractivity contribution is -0.134. The summed E-state index contributed by atoms with van der Waals surface area (Å²) in [7, 11) is 1.71. The lowest BCUT2D eigenvalue weighted by atomic mass is 9.93. The zero-order chi connectivity index (χ0) is 21.9. The standard InChI is InChI=1S/C22H29N5O3/c1-14(23)12-13-22(3)21(29)27(16-8-6-5-7-9-16)17-10-11-18(26-20(17)30-22)25-19(28)15(2)24-4/h5-11,14-15,24H,12-13,23H2,1-4H3,(H,25,26,28)/t14?,15-,22?/m1/s1. The number of rotatable bonds is 7. The van der Waals surface area contributed by atoms with Gasteiger partial charge < -0.3 is 21.1 Å². The first-order chi connectivity index (χ1) is 14.2. The van der Waals surface area contributed by atoms with E-state index in [-0.39, 0.29) is 23.9 Å². The second-order valence-electron chi connectivity index (χ2n) is 7.85. The minimum absolute atomic E-state index is 0.0635. The van der Waals surface area contributed by atoms with Gasteiger partial charge in [0.25, 0.3) is 5.91 Å². The van der Waals surface area contributed by atoms with Gasteiger partial charge in [-0.05, 0) is 64.9 Å². The molecule has 4 N–H and O–H groups in total. The number of benzene rings is 1. The number of hydrogen-bond donors (Lipinski definition) is 3. The fraction of sp³-hybridized carbons (Fsp3) is 0.409. The van der Waals surface area contributed by atoms with Crippen molar-refractivity contribution < 1.29 is 14.3 Å². The van der Waals surface area contributed by atoms with Gasteiger partial charge in [0.05, 0.1) is 6.04 Å². The van der Waals surface area contributed by atoms with Crippen molar-refractivity contribution in [2.45, 2.75) is 51.3 Å². The van der Waals surface area contributed by atoms with Crippen molar-refractivity contribution in [3.63, 3.8) is 0 Å². The van der Waals surface area contributed by atoms with Gasteiger partial charge in [-0.25, -0.2) is 0 Å². The average Bonchev–Trinajstić information content (AvgIpc) is 2.73. The number of carbonyl (C=O) groups excluding carboxylic acids is 2. The number of para-hydroxylation sites is 1. The second kappa shape index (κ2) is 8.81. The van der Waals surface area contributed by atoms with Crippen LogP contribution in [0.1, 0.15) is 33.6 Å². The molecular formula is C22H29N5O3. The Balaban J connectivity index is 2.01. The number of aromatic nitrogens is 1. The zero-order valence-electron chi connectivity index (χ0n) is 17.8. The highest BCUT2D eigenvalue weighted by Crippen LogP contribution is 2.42. The maximum absolute atomic E-state index is 13.5. The fourth-order valence-electron chi connectivity index (χ4n) is 3.21. The Morgan fingerprint density at radius 1 is 1.23 bits per heavy atom. The normalized spacial score (nSPS) is 20.2. The molecule has 0 saturated carbocycles. The molecule has 0 aliphatic carbocycles. The monoisotopic (exact) mass is 411 g/mol. The Bertz CT molecular complexity index is 918. The Kier molecular flexibility index (Phi) is 6.38. The van der Waals surface area contributed by atoms with Crippen molar-refractivity contribution in [3.8, 4) is 5.88 Å². The third-order valence-corrected chi connectivity index (χ3v) is 5.23. The van der Waals surface area contributed by atoms with Gasteiger partial charge in [0.2, 0.25) is 11.8 Å². The number of carbonyl (C=O) groups is 2. The van der Waals surface area contributed by atoms with Gasteiger partial charge in [0, 0.05) is 11.7 Å². The number of ether oxygens (including phenoxy) is 1. The summed E-state index contributed by atoms with van der Waals surface area (Å²) in [6.07, 6.45) is 1.07. The molecule has 2 heterocycles. The SMILES string of the molecule is CN[C@H](C)C(=O)Nc1ccc2c(n1)OC(C)(CCC(C)N)C(=O)N2c1ccccc1. The molecule has 3 rings (SSSR count). The molecule has 2 aromatic rings. The molecule has 0 saturated heterocycles. The third kappa shape index (κ3) is 4.44. The van der Waals surface area contributed by atoms with Crippen LogP contribution in [0.15, 0.2) is 42.5 Å². The number of nitrogens with two attached hydrogens (primary N) is 1. The largest absolute Gasteiger partial charge is 0.460 e. The Hall–Kier alpha value is -2.97. The van der Waals surface area contributed by atoms with Crippen molar-refractivity contribution in [3.05, 3.63) is 42.5 Å². The molecule has 1 aliphatic rings. The highest BCUT2D eigenvalue weighted by atomic mass is 16.5. The van der Waals surface area contributed by atoms with E-state index in [9.17, 15) is 9.59 Å². The molecule has 0 bridgehead atoms. The summed E-state index contributed by atoms with van der Waals surface area (Å²) in [4.78, 5) is 31.8.